The molecule has 1 fully saturated rings. The van der Waals surface area contributed by atoms with Crippen molar-refractivity contribution in [3.05, 3.63) is 28.8 Å². The number of carbonyl (C=O) groups excluding carboxylic acids is 2. The minimum absolute atomic E-state index is 0.0633. The van der Waals surface area contributed by atoms with Crippen LogP contribution in [0.15, 0.2) is 18.2 Å². The molecule has 0 radical (unpaired) electrons. The number of ether oxygens (including phenoxy) is 2. The summed E-state index contributed by atoms with van der Waals surface area (Å²) >= 11 is 6.26. The van der Waals surface area contributed by atoms with Crippen LogP contribution in [0, 0.1) is 5.92 Å². The van der Waals surface area contributed by atoms with E-state index in [0.717, 1.165) is 45.2 Å². The highest BCUT2D eigenvalue weighted by molar-refractivity contribution is 6.34. The quantitative estimate of drug-likeness (QED) is 0.538. The molecule has 1 heterocycles. The monoisotopic (exact) mass is 452 g/mol. The Morgan fingerprint density at radius 1 is 1.23 bits per heavy atom. The van der Waals surface area contributed by atoms with Crippen LogP contribution >= 0.6 is 11.6 Å². The molecule has 1 aromatic rings. The summed E-state index contributed by atoms with van der Waals surface area (Å²) in [5, 5.41) is 0.403. The molecule has 0 aliphatic carbocycles. The second kappa shape index (κ2) is 11.1. The van der Waals surface area contributed by atoms with Crippen molar-refractivity contribution in [3.63, 3.8) is 0 Å². The van der Waals surface area contributed by atoms with Gasteiger partial charge in [-0.15, -0.1) is 0 Å². The number of hydrogen-bond acceptors (Lipinski definition) is 4. The molecule has 6 nitrogen and oxygen atoms in total. The molecule has 0 spiro atoms. The zero-order valence-electron chi connectivity index (χ0n) is 19.7. The average Bonchev–Trinajstić information content (AvgIpc) is 2.66. The number of likely N-dealkylation sites (tertiary alicyclic amines) is 1. The third-order valence-corrected chi connectivity index (χ3v) is 5.72. The summed E-state index contributed by atoms with van der Waals surface area (Å²) in [6, 6.07) is 5.22. The maximum Gasteiger partial charge on any atom is 0.410 e. The minimum atomic E-state index is -0.448. The van der Waals surface area contributed by atoms with E-state index in [2.05, 4.69) is 6.92 Å². The van der Waals surface area contributed by atoms with Gasteiger partial charge in [0.1, 0.15) is 11.4 Å². The molecular formula is C24H37ClN2O4. The van der Waals surface area contributed by atoms with Gasteiger partial charge < -0.3 is 19.3 Å². The number of piperidine rings is 1. The highest BCUT2D eigenvalue weighted by Gasteiger charge is 2.26. The van der Waals surface area contributed by atoms with Gasteiger partial charge in [-0.2, -0.15) is 0 Å². The van der Waals surface area contributed by atoms with E-state index in [1.165, 1.54) is 4.90 Å². The molecule has 1 aliphatic heterocycles. The average molecular weight is 453 g/mol. The number of nitrogens with zero attached hydrogens (tertiary/aromatic N) is 2. The van der Waals surface area contributed by atoms with E-state index in [1.54, 1.807) is 32.3 Å². The first kappa shape index (κ1) is 25.3. The fraction of sp³-hybridized carbons (Fsp3) is 0.667. The number of hydrogen-bond donors (Lipinski definition) is 0. The lowest BCUT2D eigenvalue weighted by molar-refractivity contribution is 0.0179. The second-order valence-corrected chi connectivity index (χ2v) is 10.0. The normalized spacial score (nSPS) is 16.0. The second-order valence-electron chi connectivity index (χ2n) is 9.61. The van der Waals surface area contributed by atoms with Gasteiger partial charge in [0.2, 0.25) is 0 Å². The van der Waals surface area contributed by atoms with E-state index in [1.807, 2.05) is 25.7 Å². The Bertz CT molecular complexity index is 752. The number of halogens is 1. The molecule has 7 heteroatoms. The Balaban J connectivity index is 1.71. The summed E-state index contributed by atoms with van der Waals surface area (Å²) in [6.07, 6.45) is 5.05. The maximum atomic E-state index is 12.2. The van der Waals surface area contributed by atoms with Crippen LogP contribution < -0.4 is 4.74 Å². The summed E-state index contributed by atoms with van der Waals surface area (Å²) < 4.78 is 11.5. The van der Waals surface area contributed by atoms with Crippen LogP contribution in [-0.4, -0.2) is 60.7 Å². The van der Waals surface area contributed by atoms with E-state index < -0.39 is 5.60 Å². The first-order chi connectivity index (χ1) is 14.5. The van der Waals surface area contributed by atoms with Crippen molar-refractivity contribution in [1.29, 1.82) is 0 Å². The Morgan fingerprint density at radius 3 is 2.42 bits per heavy atom. The first-order valence-corrected chi connectivity index (χ1v) is 11.5. The van der Waals surface area contributed by atoms with Crippen molar-refractivity contribution in [2.75, 3.05) is 27.2 Å². The molecular weight excluding hydrogens is 416 g/mol. The minimum Gasteiger partial charge on any atom is -0.491 e. The van der Waals surface area contributed by atoms with Crippen molar-refractivity contribution < 1.29 is 19.1 Å². The standard InChI is InChI=1S/C24H37ClN2O4/c1-17(30-19-10-11-20(21(25)16-19)22(28)26(5)6)8-7-9-18-12-14-27(15-13-18)23(29)31-24(2,3)4/h10-11,16-18H,7-9,12-15H2,1-6H3/t17-/m0/s1. The molecule has 0 saturated carbocycles. The highest BCUT2D eigenvalue weighted by Crippen LogP contribution is 2.27. The lowest BCUT2D eigenvalue weighted by atomic mass is 9.91. The lowest BCUT2D eigenvalue weighted by Gasteiger charge is -2.33. The van der Waals surface area contributed by atoms with Gasteiger partial charge in [0.05, 0.1) is 16.7 Å². The lowest BCUT2D eigenvalue weighted by Crippen LogP contribution is -2.41. The zero-order valence-corrected chi connectivity index (χ0v) is 20.5. The van der Waals surface area contributed by atoms with E-state index in [4.69, 9.17) is 21.1 Å². The highest BCUT2D eigenvalue weighted by atomic mass is 35.5. The Labute approximate surface area is 191 Å². The van der Waals surface area contributed by atoms with Gasteiger partial charge in [-0.25, -0.2) is 4.79 Å². The predicted molar refractivity (Wildman–Crippen MR) is 124 cm³/mol. The SMILES string of the molecule is C[C@@H](CCCC1CCN(C(=O)OC(C)(C)C)CC1)Oc1ccc(C(=O)N(C)C)c(Cl)c1. The van der Waals surface area contributed by atoms with E-state index in [9.17, 15) is 9.59 Å². The molecule has 2 rings (SSSR count). The third kappa shape index (κ3) is 8.24. The van der Waals surface area contributed by atoms with Crippen LogP contribution in [0.25, 0.3) is 0 Å². The zero-order chi connectivity index (χ0) is 23.2. The van der Waals surface area contributed by atoms with Gasteiger partial charge in [-0.05, 0) is 77.5 Å². The number of benzene rings is 1. The fourth-order valence-corrected chi connectivity index (χ4v) is 3.95. The van der Waals surface area contributed by atoms with Crippen LogP contribution in [0.5, 0.6) is 5.75 Å². The number of rotatable bonds is 7. The molecule has 1 aliphatic rings. The Kier molecular flexibility index (Phi) is 9.04. The maximum absolute atomic E-state index is 12.2. The van der Waals surface area contributed by atoms with E-state index in [-0.39, 0.29) is 18.1 Å². The van der Waals surface area contributed by atoms with Gasteiger partial charge in [0.25, 0.3) is 5.91 Å². The topological polar surface area (TPSA) is 59.1 Å². The summed E-state index contributed by atoms with van der Waals surface area (Å²) in [4.78, 5) is 27.6. The molecule has 0 aromatic heterocycles. The predicted octanol–water partition coefficient (Wildman–Crippen LogP) is 5.63. The molecule has 2 amide bonds. The number of amides is 2. The van der Waals surface area contributed by atoms with Crippen molar-refractivity contribution in [1.82, 2.24) is 9.80 Å². The van der Waals surface area contributed by atoms with Gasteiger partial charge in [-0.3, -0.25) is 4.79 Å². The summed E-state index contributed by atoms with van der Waals surface area (Å²) in [6.45, 7) is 9.27. The van der Waals surface area contributed by atoms with Crippen molar-refractivity contribution in [3.8, 4) is 5.75 Å². The van der Waals surface area contributed by atoms with Crippen LogP contribution in [0.2, 0.25) is 5.02 Å². The molecule has 1 atom stereocenters. The third-order valence-electron chi connectivity index (χ3n) is 5.40. The molecule has 1 saturated heterocycles. The van der Waals surface area contributed by atoms with Gasteiger partial charge in [0.15, 0.2) is 0 Å². The summed E-state index contributed by atoms with van der Waals surface area (Å²) in [5.41, 5.74) is 0.0284. The van der Waals surface area contributed by atoms with Crippen molar-refractivity contribution >= 4 is 23.6 Å². The van der Waals surface area contributed by atoms with Crippen molar-refractivity contribution in [2.45, 2.75) is 71.5 Å². The Hall–Kier alpha value is -1.95. The largest absolute Gasteiger partial charge is 0.491 e. The summed E-state index contributed by atoms with van der Waals surface area (Å²) in [5.74, 6) is 1.19. The Morgan fingerprint density at radius 2 is 1.87 bits per heavy atom. The van der Waals surface area contributed by atoms with Crippen LogP contribution in [-0.2, 0) is 4.74 Å². The van der Waals surface area contributed by atoms with Crippen LogP contribution in [0.3, 0.4) is 0 Å². The van der Waals surface area contributed by atoms with Crippen LogP contribution in [0.4, 0.5) is 4.79 Å². The first-order valence-electron chi connectivity index (χ1n) is 11.1. The molecule has 0 N–H and O–H groups in total. The molecule has 31 heavy (non-hydrogen) atoms. The fourth-order valence-electron chi connectivity index (χ4n) is 3.70. The number of carbonyl (C=O) groups is 2. The smallest absolute Gasteiger partial charge is 0.410 e. The van der Waals surface area contributed by atoms with Gasteiger partial charge >= 0.3 is 6.09 Å². The van der Waals surface area contributed by atoms with Crippen LogP contribution in [0.1, 0.15) is 70.2 Å². The summed E-state index contributed by atoms with van der Waals surface area (Å²) in [7, 11) is 3.40. The molecule has 0 unspecified atom stereocenters. The van der Waals surface area contributed by atoms with E-state index >= 15 is 0 Å². The van der Waals surface area contributed by atoms with Gasteiger partial charge in [-0.1, -0.05) is 18.0 Å². The molecule has 0 bridgehead atoms. The molecule has 1 aromatic carbocycles. The van der Waals surface area contributed by atoms with Crippen molar-refractivity contribution in [2.24, 2.45) is 5.92 Å². The van der Waals surface area contributed by atoms with E-state index in [0.29, 0.717) is 22.3 Å². The molecule has 174 valence electrons. The van der Waals surface area contributed by atoms with Gasteiger partial charge in [0, 0.05) is 27.2 Å².